The average molecular weight is 750 g/mol. The molecular weight excluding hydrogens is 671 g/mol. The van der Waals surface area contributed by atoms with E-state index < -0.39 is 15.9 Å². The third-order valence-electron chi connectivity index (χ3n) is 15.2. The fraction of sp³-hybridized carbons (Fsp3) is 0.955. The summed E-state index contributed by atoms with van der Waals surface area (Å²) < 4.78 is 37.0. The Hall–Kier alpha value is -1.15. The van der Waals surface area contributed by atoms with Crippen molar-refractivity contribution < 1.29 is 27.3 Å². The summed E-state index contributed by atoms with van der Waals surface area (Å²) >= 11 is 0. The second-order valence-corrected chi connectivity index (χ2v) is 20.2. The molecule has 0 heterocycles. The first-order valence-electron chi connectivity index (χ1n) is 22.3. The summed E-state index contributed by atoms with van der Waals surface area (Å²) in [4.78, 5) is 25.2. The van der Waals surface area contributed by atoms with E-state index in [1.807, 2.05) is 0 Å². The minimum absolute atomic E-state index is 0.0344. The van der Waals surface area contributed by atoms with E-state index in [1.54, 1.807) is 0 Å². The third kappa shape index (κ3) is 12.7. The van der Waals surface area contributed by atoms with Crippen molar-refractivity contribution in [1.82, 2.24) is 5.32 Å². The molecule has 0 aliphatic heterocycles. The number of carbonyl (C=O) groups excluding carboxylic acids is 2. The number of rotatable bonds is 24. The van der Waals surface area contributed by atoms with Gasteiger partial charge in [0.25, 0.3) is 10.1 Å². The number of unbranched alkanes of at least 4 members (excludes halogenated alkanes) is 14. The lowest BCUT2D eigenvalue weighted by molar-refractivity contribution is -0.162. The Balaban J connectivity index is 1.10. The van der Waals surface area contributed by atoms with Crippen molar-refractivity contribution in [2.75, 3.05) is 12.3 Å². The smallest absolute Gasteiger partial charge is 0.306 e. The Kier molecular flexibility index (Phi) is 17.8. The van der Waals surface area contributed by atoms with Gasteiger partial charge in [0.15, 0.2) is 0 Å². The molecular formula is C44H79NO6S. The molecule has 0 aromatic carbocycles. The molecule has 4 fully saturated rings. The van der Waals surface area contributed by atoms with Gasteiger partial charge in [-0.1, -0.05) is 118 Å². The molecule has 52 heavy (non-hydrogen) atoms. The molecule has 0 aromatic heterocycles. The number of esters is 1. The van der Waals surface area contributed by atoms with Gasteiger partial charge in [-0.05, 0) is 117 Å². The van der Waals surface area contributed by atoms with Crippen LogP contribution in [0.3, 0.4) is 0 Å². The van der Waals surface area contributed by atoms with Crippen molar-refractivity contribution >= 4 is 22.0 Å². The predicted molar refractivity (Wildman–Crippen MR) is 212 cm³/mol. The van der Waals surface area contributed by atoms with Crippen LogP contribution in [0.2, 0.25) is 0 Å². The minimum atomic E-state index is -4.06. The van der Waals surface area contributed by atoms with E-state index >= 15 is 0 Å². The normalized spacial score (nSPS) is 32.0. The monoisotopic (exact) mass is 750 g/mol. The van der Waals surface area contributed by atoms with Crippen LogP contribution in [0.1, 0.15) is 201 Å². The van der Waals surface area contributed by atoms with Crippen LogP contribution in [0.5, 0.6) is 0 Å². The predicted octanol–water partition coefficient (Wildman–Crippen LogP) is 11.2. The Morgan fingerprint density at radius 1 is 0.750 bits per heavy atom. The van der Waals surface area contributed by atoms with Gasteiger partial charge in [0.1, 0.15) is 6.10 Å². The molecule has 0 saturated heterocycles. The molecule has 2 N–H and O–H groups in total. The van der Waals surface area contributed by atoms with Gasteiger partial charge >= 0.3 is 5.97 Å². The molecule has 4 rings (SSSR count). The first-order chi connectivity index (χ1) is 24.9. The van der Waals surface area contributed by atoms with Crippen molar-refractivity contribution in [2.45, 2.75) is 207 Å². The molecule has 0 spiro atoms. The zero-order valence-corrected chi connectivity index (χ0v) is 34.8. The molecule has 9 atom stereocenters. The van der Waals surface area contributed by atoms with Gasteiger partial charge in [-0.25, -0.2) is 0 Å². The summed E-state index contributed by atoms with van der Waals surface area (Å²) in [6.07, 6.45) is 32.9. The first kappa shape index (κ1) is 43.6. The zero-order valence-electron chi connectivity index (χ0n) is 33.9. The van der Waals surface area contributed by atoms with Crippen LogP contribution in [0.25, 0.3) is 0 Å². The highest BCUT2D eigenvalue weighted by molar-refractivity contribution is 7.85. The second-order valence-electron chi connectivity index (χ2n) is 18.6. The lowest BCUT2D eigenvalue weighted by Gasteiger charge is -2.61. The fourth-order valence-corrected chi connectivity index (χ4v) is 12.5. The fourth-order valence-electron chi connectivity index (χ4n) is 12.2. The number of hydrogen-bond acceptors (Lipinski definition) is 5. The summed E-state index contributed by atoms with van der Waals surface area (Å²) in [5.74, 6) is 3.50. The van der Waals surface area contributed by atoms with Crippen LogP contribution >= 0.6 is 0 Å². The molecule has 4 saturated carbocycles. The SMILES string of the molecule is CCCCCCCCCCCCCCCCCC(=O)OC1CCC2(C)C(CCC3C2CCC2(C)C(C(C)CCC(=O)NCCS(=O)(=O)O)CCC32)C1. The van der Waals surface area contributed by atoms with Gasteiger partial charge in [0, 0.05) is 19.4 Å². The molecule has 0 aromatic rings. The van der Waals surface area contributed by atoms with Crippen molar-refractivity contribution in [2.24, 2.45) is 46.3 Å². The largest absolute Gasteiger partial charge is 0.462 e. The maximum absolute atomic E-state index is 12.8. The van der Waals surface area contributed by atoms with Crippen molar-refractivity contribution in [3.8, 4) is 0 Å². The molecule has 0 radical (unpaired) electrons. The van der Waals surface area contributed by atoms with Crippen LogP contribution in [0.15, 0.2) is 0 Å². The molecule has 302 valence electrons. The number of nitrogens with one attached hydrogen (secondary N) is 1. The number of hydrogen-bond donors (Lipinski definition) is 2. The summed E-state index contributed by atoms with van der Waals surface area (Å²) in [5.41, 5.74) is 0.677. The Bertz CT molecular complexity index is 1190. The molecule has 1 amide bonds. The van der Waals surface area contributed by atoms with Gasteiger partial charge in [0.2, 0.25) is 5.91 Å². The second kappa shape index (κ2) is 21.2. The first-order valence-corrected chi connectivity index (χ1v) is 23.9. The molecule has 8 heteroatoms. The maximum Gasteiger partial charge on any atom is 0.306 e. The van der Waals surface area contributed by atoms with Crippen molar-refractivity contribution in [3.05, 3.63) is 0 Å². The average Bonchev–Trinajstić information content (AvgIpc) is 3.46. The van der Waals surface area contributed by atoms with Crippen LogP contribution in [0.4, 0.5) is 0 Å². The van der Waals surface area contributed by atoms with Gasteiger partial charge in [-0.15, -0.1) is 0 Å². The van der Waals surface area contributed by atoms with Crippen LogP contribution in [-0.2, 0) is 24.4 Å². The number of carbonyl (C=O) groups is 2. The van der Waals surface area contributed by atoms with Crippen LogP contribution in [0, 0.1) is 46.3 Å². The van der Waals surface area contributed by atoms with E-state index in [1.165, 1.54) is 128 Å². The number of amides is 1. The van der Waals surface area contributed by atoms with Gasteiger partial charge in [-0.3, -0.25) is 14.1 Å². The van der Waals surface area contributed by atoms with Crippen LogP contribution in [-0.4, -0.2) is 43.2 Å². The van der Waals surface area contributed by atoms with E-state index in [4.69, 9.17) is 9.29 Å². The van der Waals surface area contributed by atoms with E-state index in [0.717, 1.165) is 49.9 Å². The highest BCUT2D eigenvalue weighted by Gasteiger charge is 2.60. The minimum Gasteiger partial charge on any atom is -0.462 e. The molecule has 9 unspecified atom stereocenters. The summed E-state index contributed by atoms with van der Waals surface area (Å²) in [7, 11) is -4.06. The Morgan fingerprint density at radius 3 is 1.94 bits per heavy atom. The van der Waals surface area contributed by atoms with Crippen molar-refractivity contribution in [3.63, 3.8) is 0 Å². The molecule has 4 aliphatic rings. The summed E-state index contributed by atoms with van der Waals surface area (Å²) in [6.45, 7) is 9.70. The third-order valence-corrected chi connectivity index (χ3v) is 15.9. The van der Waals surface area contributed by atoms with E-state index in [2.05, 4.69) is 33.0 Å². The lowest BCUT2D eigenvalue weighted by Crippen LogP contribution is -2.54. The van der Waals surface area contributed by atoms with Crippen LogP contribution < -0.4 is 5.32 Å². The van der Waals surface area contributed by atoms with Gasteiger partial charge in [-0.2, -0.15) is 8.42 Å². The van der Waals surface area contributed by atoms with Crippen molar-refractivity contribution in [1.29, 1.82) is 0 Å². The standard InChI is InChI=1S/C44H79NO6S/c1-5-6-7-8-9-10-11-12-13-14-15-16-17-18-19-20-42(47)51-36-27-29-43(3)35(33-36)22-23-37-39-25-24-38(44(39,4)30-28-40(37)43)34(2)21-26-41(46)45-31-32-52(48,49)50/h34-40H,5-33H2,1-4H3,(H,45,46)(H,48,49,50). The highest BCUT2D eigenvalue weighted by Crippen LogP contribution is 2.68. The Morgan fingerprint density at radius 2 is 1.33 bits per heavy atom. The van der Waals surface area contributed by atoms with Gasteiger partial charge < -0.3 is 10.1 Å². The molecule has 7 nitrogen and oxygen atoms in total. The zero-order chi connectivity index (χ0) is 37.6. The summed E-state index contributed by atoms with van der Waals surface area (Å²) in [6, 6.07) is 0. The van der Waals surface area contributed by atoms with E-state index in [9.17, 15) is 18.0 Å². The molecule has 4 aliphatic carbocycles. The lowest BCUT2D eigenvalue weighted by atomic mass is 9.44. The topological polar surface area (TPSA) is 110 Å². The van der Waals surface area contributed by atoms with E-state index in [0.29, 0.717) is 41.4 Å². The quantitative estimate of drug-likeness (QED) is 0.0577. The number of ether oxygens (including phenoxy) is 1. The van der Waals surface area contributed by atoms with E-state index in [-0.39, 0.29) is 24.5 Å². The summed E-state index contributed by atoms with van der Waals surface area (Å²) in [5, 5.41) is 2.66. The van der Waals surface area contributed by atoms with Gasteiger partial charge in [0.05, 0.1) is 5.75 Å². The highest BCUT2D eigenvalue weighted by atomic mass is 32.2. The maximum atomic E-state index is 12.8. The Labute approximate surface area is 319 Å². The molecule has 0 bridgehead atoms. The number of fused-ring (bicyclic) bond motifs is 5.